The number of nitrogens with zero attached hydrogens (tertiary/aromatic N) is 1. The van der Waals surface area contributed by atoms with Gasteiger partial charge in [-0.3, -0.25) is 9.59 Å². The molecule has 1 aromatic heterocycles. The van der Waals surface area contributed by atoms with Crippen LogP contribution < -0.4 is 4.74 Å². The number of aromatic hydroxyl groups is 1. The number of Topliss-reactive ketones (excluding diaryl/α,β-unsaturated/α-hetero) is 1. The molecule has 1 aliphatic rings. The highest BCUT2D eigenvalue weighted by atomic mass is 16.5. The highest BCUT2D eigenvalue weighted by Crippen LogP contribution is 2.41. The van der Waals surface area contributed by atoms with Crippen molar-refractivity contribution in [3.63, 3.8) is 0 Å². The van der Waals surface area contributed by atoms with Gasteiger partial charge in [-0.15, -0.1) is 0 Å². The van der Waals surface area contributed by atoms with Gasteiger partial charge in [0.05, 0.1) is 18.7 Å². The Balaban J connectivity index is 1.76. The van der Waals surface area contributed by atoms with Gasteiger partial charge in [0.1, 0.15) is 5.76 Å². The van der Waals surface area contributed by atoms with Crippen LogP contribution in [0.2, 0.25) is 0 Å². The molecule has 0 bridgehead atoms. The van der Waals surface area contributed by atoms with Gasteiger partial charge in [-0.25, -0.2) is 0 Å². The lowest BCUT2D eigenvalue weighted by Gasteiger charge is -2.27. The number of amides is 1. The third-order valence-corrected chi connectivity index (χ3v) is 5.52. The first-order valence-electron chi connectivity index (χ1n) is 10.2. The number of carbonyl (C=O) groups is 2. The predicted molar refractivity (Wildman–Crippen MR) is 117 cm³/mol. The number of hydrogen-bond donors (Lipinski definition) is 2. The monoisotopic (exact) mass is 433 g/mol. The molecule has 32 heavy (non-hydrogen) atoms. The molecule has 0 spiro atoms. The minimum atomic E-state index is -0.862. The number of aliphatic hydroxyl groups is 1. The van der Waals surface area contributed by atoms with E-state index in [0.29, 0.717) is 17.7 Å². The van der Waals surface area contributed by atoms with Gasteiger partial charge in [-0.2, -0.15) is 0 Å². The van der Waals surface area contributed by atoms with Gasteiger partial charge in [-0.05, 0) is 48.7 Å². The number of aryl methyl sites for hydroxylation is 1. The lowest BCUT2D eigenvalue weighted by Crippen LogP contribution is -2.33. The average Bonchev–Trinajstić information content (AvgIpc) is 3.34. The first kappa shape index (κ1) is 21.2. The summed E-state index contributed by atoms with van der Waals surface area (Å²) in [6.45, 7) is 1.98. The Labute approximate surface area is 185 Å². The van der Waals surface area contributed by atoms with Crippen molar-refractivity contribution in [2.45, 2.75) is 19.4 Å². The van der Waals surface area contributed by atoms with Crippen LogP contribution in [0.1, 0.15) is 33.5 Å². The number of carbonyl (C=O) groups excluding carboxylic acids is 2. The van der Waals surface area contributed by atoms with Crippen LogP contribution in [0.3, 0.4) is 0 Å². The highest BCUT2D eigenvalue weighted by Gasteiger charge is 2.44. The molecule has 0 saturated heterocycles. The summed E-state index contributed by atoms with van der Waals surface area (Å²) in [5.41, 5.74) is 1.48. The largest absolute Gasteiger partial charge is 0.504 e. The lowest BCUT2D eigenvalue weighted by atomic mass is 9.94. The van der Waals surface area contributed by atoms with Gasteiger partial charge in [0.25, 0.3) is 5.91 Å². The minimum Gasteiger partial charge on any atom is -0.504 e. The lowest BCUT2D eigenvalue weighted by molar-refractivity contribution is -0.129. The summed E-state index contributed by atoms with van der Waals surface area (Å²) < 4.78 is 10.7. The maximum atomic E-state index is 13.3. The molecule has 7 nitrogen and oxygen atoms in total. The Kier molecular flexibility index (Phi) is 5.73. The maximum Gasteiger partial charge on any atom is 0.290 e. The molecule has 2 aromatic carbocycles. The van der Waals surface area contributed by atoms with Crippen LogP contribution in [-0.2, 0) is 11.2 Å². The van der Waals surface area contributed by atoms with Crippen molar-refractivity contribution >= 4 is 11.7 Å². The third kappa shape index (κ3) is 3.85. The van der Waals surface area contributed by atoms with E-state index >= 15 is 0 Å². The number of ketones is 1. The van der Waals surface area contributed by atoms with E-state index in [9.17, 15) is 19.8 Å². The van der Waals surface area contributed by atoms with E-state index in [1.165, 1.54) is 24.1 Å². The van der Waals surface area contributed by atoms with Crippen LogP contribution in [0.25, 0.3) is 0 Å². The van der Waals surface area contributed by atoms with E-state index in [4.69, 9.17) is 9.15 Å². The number of furan rings is 1. The summed E-state index contributed by atoms with van der Waals surface area (Å²) in [4.78, 5) is 27.8. The molecule has 0 saturated carbocycles. The van der Waals surface area contributed by atoms with Gasteiger partial charge < -0.3 is 24.3 Å². The number of benzene rings is 2. The maximum absolute atomic E-state index is 13.3. The van der Waals surface area contributed by atoms with Gasteiger partial charge in [-0.1, -0.05) is 36.4 Å². The van der Waals surface area contributed by atoms with E-state index in [1.54, 1.807) is 25.1 Å². The fraction of sp³-hybridized carbons (Fsp3) is 0.200. The number of ether oxygens (including phenoxy) is 1. The quantitative estimate of drug-likeness (QED) is 0.544. The summed E-state index contributed by atoms with van der Waals surface area (Å²) in [6, 6.07) is 16.5. The molecule has 7 heteroatoms. The molecule has 1 atom stereocenters. The van der Waals surface area contributed by atoms with Crippen molar-refractivity contribution in [3.8, 4) is 11.5 Å². The Morgan fingerprint density at radius 3 is 2.50 bits per heavy atom. The molecule has 0 aliphatic carbocycles. The van der Waals surface area contributed by atoms with Gasteiger partial charge in [0.15, 0.2) is 23.0 Å². The smallest absolute Gasteiger partial charge is 0.290 e. The van der Waals surface area contributed by atoms with Crippen molar-refractivity contribution < 1.29 is 29.0 Å². The van der Waals surface area contributed by atoms with Gasteiger partial charge >= 0.3 is 0 Å². The van der Waals surface area contributed by atoms with E-state index in [-0.39, 0.29) is 29.4 Å². The minimum absolute atomic E-state index is 0.0394. The topological polar surface area (TPSA) is 100 Å². The summed E-state index contributed by atoms with van der Waals surface area (Å²) >= 11 is 0. The molecule has 1 amide bonds. The first-order valence-corrected chi connectivity index (χ1v) is 10.2. The molecule has 2 N–H and O–H groups in total. The van der Waals surface area contributed by atoms with E-state index < -0.39 is 23.5 Å². The number of hydrogen-bond acceptors (Lipinski definition) is 6. The standard InChI is InChI=1S/C25H23NO6/c1-15-8-11-19(32-15)23(28)21-22(17-9-10-18(27)20(14-17)31-2)26(25(30)24(21)29)13-12-16-6-4-3-5-7-16/h3-11,14,22,27,29H,12-13H2,1-2H3/t22-/m1/s1. The molecule has 1 aliphatic heterocycles. The molecular weight excluding hydrogens is 410 g/mol. The fourth-order valence-corrected chi connectivity index (χ4v) is 3.91. The van der Waals surface area contributed by atoms with Gasteiger partial charge in [0, 0.05) is 6.54 Å². The van der Waals surface area contributed by atoms with Crippen molar-refractivity contribution in [2.75, 3.05) is 13.7 Å². The molecule has 0 radical (unpaired) electrons. The molecule has 0 fully saturated rings. The first-order chi connectivity index (χ1) is 15.4. The average molecular weight is 433 g/mol. The Morgan fingerprint density at radius 1 is 1.09 bits per heavy atom. The number of rotatable bonds is 7. The summed E-state index contributed by atoms with van der Waals surface area (Å²) in [5, 5.41) is 20.7. The molecular formula is C25H23NO6. The number of aliphatic hydroxyl groups excluding tert-OH is 1. The van der Waals surface area contributed by atoms with Crippen molar-refractivity contribution in [3.05, 3.63) is 94.6 Å². The Morgan fingerprint density at radius 2 is 1.84 bits per heavy atom. The van der Waals surface area contributed by atoms with Crippen molar-refractivity contribution in [1.29, 1.82) is 0 Å². The van der Waals surface area contributed by atoms with E-state index in [1.807, 2.05) is 30.3 Å². The summed E-state index contributed by atoms with van der Waals surface area (Å²) in [5.74, 6) is -1.09. The molecule has 2 heterocycles. The zero-order valence-electron chi connectivity index (χ0n) is 17.7. The second kappa shape index (κ2) is 8.63. The van der Waals surface area contributed by atoms with Crippen LogP contribution in [0.4, 0.5) is 0 Å². The van der Waals surface area contributed by atoms with Crippen molar-refractivity contribution in [2.24, 2.45) is 0 Å². The zero-order valence-corrected chi connectivity index (χ0v) is 17.7. The summed E-state index contributed by atoms with van der Waals surface area (Å²) in [6.07, 6.45) is 0.535. The number of phenolic OH excluding ortho intramolecular Hbond substituents is 1. The Hall–Kier alpha value is -4.00. The van der Waals surface area contributed by atoms with Crippen LogP contribution in [0.5, 0.6) is 11.5 Å². The van der Waals surface area contributed by atoms with Crippen LogP contribution >= 0.6 is 0 Å². The summed E-state index contributed by atoms with van der Waals surface area (Å²) in [7, 11) is 1.41. The van der Waals surface area contributed by atoms with Crippen LogP contribution in [-0.4, -0.2) is 40.5 Å². The molecule has 0 unspecified atom stereocenters. The third-order valence-electron chi connectivity index (χ3n) is 5.52. The second-order valence-corrected chi connectivity index (χ2v) is 7.57. The second-order valence-electron chi connectivity index (χ2n) is 7.57. The predicted octanol–water partition coefficient (Wildman–Crippen LogP) is 4.12. The molecule has 164 valence electrons. The van der Waals surface area contributed by atoms with E-state index in [2.05, 4.69) is 0 Å². The zero-order chi connectivity index (χ0) is 22.8. The number of methoxy groups -OCH3 is 1. The Bertz CT molecular complexity index is 1190. The molecule has 4 rings (SSSR count). The van der Waals surface area contributed by atoms with Crippen LogP contribution in [0.15, 0.2) is 76.4 Å². The number of phenols is 1. The van der Waals surface area contributed by atoms with Gasteiger partial charge in [0.2, 0.25) is 5.78 Å². The molecule has 3 aromatic rings. The van der Waals surface area contributed by atoms with Crippen molar-refractivity contribution in [1.82, 2.24) is 4.90 Å². The SMILES string of the molecule is COc1cc([C@@H]2C(C(=O)c3ccc(C)o3)=C(O)C(=O)N2CCc2ccccc2)ccc1O. The van der Waals surface area contributed by atoms with E-state index in [0.717, 1.165) is 5.56 Å². The van der Waals surface area contributed by atoms with Crippen LogP contribution in [0, 0.1) is 6.92 Å². The normalized spacial score (nSPS) is 16.0. The highest BCUT2D eigenvalue weighted by molar-refractivity contribution is 6.15. The fourth-order valence-electron chi connectivity index (χ4n) is 3.91.